The number of para-hydroxylation sites is 1. The molecular weight excluding hydrogens is 220 g/mol. The highest BCUT2D eigenvalue weighted by atomic mass is 15.2. The van der Waals surface area contributed by atoms with Gasteiger partial charge in [-0.25, -0.2) is 0 Å². The van der Waals surface area contributed by atoms with Gasteiger partial charge in [0.1, 0.15) is 0 Å². The van der Waals surface area contributed by atoms with Crippen LogP contribution in [0.15, 0.2) is 24.3 Å². The standard InChI is InChI=1S/C16H24N2/c1-16(2)10-5-11-18(16)15-7-4-3-6-13(15)12-17-14-8-9-14/h3-4,6-7,14,17H,5,8-12H2,1-2H3. The van der Waals surface area contributed by atoms with Crippen molar-refractivity contribution in [3.63, 3.8) is 0 Å². The van der Waals surface area contributed by atoms with Gasteiger partial charge in [0.25, 0.3) is 0 Å². The molecule has 1 heterocycles. The van der Waals surface area contributed by atoms with E-state index in [2.05, 4.69) is 48.3 Å². The summed E-state index contributed by atoms with van der Waals surface area (Å²) in [6.45, 7) is 6.96. The lowest BCUT2D eigenvalue weighted by Gasteiger charge is -2.35. The van der Waals surface area contributed by atoms with E-state index in [9.17, 15) is 0 Å². The van der Waals surface area contributed by atoms with Crippen molar-refractivity contribution < 1.29 is 0 Å². The SMILES string of the molecule is CC1(C)CCCN1c1ccccc1CNC1CC1. The Balaban J connectivity index is 1.81. The summed E-state index contributed by atoms with van der Waals surface area (Å²) in [7, 11) is 0. The molecule has 1 saturated heterocycles. The molecule has 98 valence electrons. The van der Waals surface area contributed by atoms with Crippen LogP contribution in [-0.2, 0) is 6.54 Å². The van der Waals surface area contributed by atoms with Crippen LogP contribution in [0, 0.1) is 0 Å². The minimum absolute atomic E-state index is 0.315. The van der Waals surface area contributed by atoms with Crippen molar-refractivity contribution in [1.82, 2.24) is 5.32 Å². The predicted octanol–water partition coefficient (Wildman–Crippen LogP) is 3.32. The maximum Gasteiger partial charge on any atom is 0.0416 e. The third-order valence-electron chi connectivity index (χ3n) is 4.34. The monoisotopic (exact) mass is 244 g/mol. The average Bonchev–Trinajstić information content (AvgIpc) is 3.11. The van der Waals surface area contributed by atoms with E-state index in [4.69, 9.17) is 0 Å². The second-order valence-electron chi connectivity index (χ2n) is 6.35. The highest BCUT2D eigenvalue weighted by molar-refractivity contribution is 5.56. The van der Waals surface area contributed by atoms with Gasteiger partial charge in [-0.3, -0.25) is 0 Å². The van der Waals surface area contributed by atoms with E-state index in [1.165, 1.54) is 43.5 Å². The van der Waals surface area contributed by atoms with E-state index in [1.807, 2.05) is 0 Å². The Morgan fingerprint density at radius 1 is 1.28 bits per heavy atom. The van der Waals surface area contributed by atoms with Crippen molar-refractivity contribution in [2.75, 3.05) is 11.4 Å². The molecule has 0 unspecified atom stereocenters. The van der Waals surface area contributed by atoms with Crippen LogP contribution in [0.5, 0.6) is 0 Å². The van der Waals surface area contributed by atoms with Gasteiger partial charge < -0.3 is 10.2 Å². The molecule has 1 aromatic rings. The first-order valence-electron chi connectivity index (χ1n) is 7.26. The van der Waals surface area contributed by atoms with Gasteiger partial charge >= 0.3 is 0 Å². The highest BCUT2D eigenvalue weighted by Crippen LogP contribution is 2.35. The van der Waals surface area contributed by atoms with Gasteiger partial charge in [-0.05, 0) is 51.2 Å². The molecule has 0 amide bonds. The van der Waals surface area contributed by atoms with Gasteiger partial charge in [0.05, 0.1) is 0 Å². The van der Waals surface area contributed by atoms with Crippen molar-refractivity contribution in [2.45, 2.75) is 57.7 Å². The number of nitrogens with one attached hydrogen (secondary N) is 1. The zero-order chi connectivity index (χ0) is 12.6. The molecule has 2 nitrogen and oxygen atoms in total. The molecule has 1 aliphatic carbocycles. The molecule has 1 N–H and O–H groups in total. The summed E-state index contributed by atoms with van der Waals surface area (Å²) in [6.07, 6.45) is 5.34. The number of anilines is 1. The minimum Gasteiger partial charge on any atom is -0.366 e. The maximum absolute atomic E-state index is 3.64. The molecule has 18 heavy (non-hydrogen) atoms. The minimum atomic E-state index is 0.315. The molecule has 1 aliphatic heterocycles. The van der Waals surface area contributed by atoms with E-state index in [-0.39, 0.29) is 0 Å². The van der Waals surface area contributed by atoms with Crippen LogP contribution in [0.1, 0.15) is 45.1 Å². The second-order valence-corrected chi connectivity index (χ2v) is 6.35. The summed E-state index contributed by atoms with van der Waals surface area (Å²) in [6, 6.07) is 9.68. The third-order valence-corrected chi connectivity index (χ3v) is 4.34. The molecular formula is C16H24N2. The summed E-state index contributed by atoms with van der Waals surface area (Å²) < 4.78 is 0. The van der Waals surface area contributed by atoms with Crippen molar-refractivity contribution in [2.24, 2.45) is 0 Å². The normalized spacial score (nSPS) is 22.4. The van der Waals surface area contributed by atoms with Gasteiger partial charge in [-0.2, -0.15) is 0 Å². The molecule has 2 fully saturated rings. The molecule has 0 radical (unpaired) electrons. The third kappa shape index (κ3) is 2.39. The van der Waals surface area contributed by atoms with Crippen molar-refractivity contribution >= 4 is 5.69 Å². The number of benzene rings is 1. The van der Waals surface area contributed by atoms with Crippen LogP contribution < -0.4 is 10.2 Å². The maximum atomic E-state index is 3.64. The van der Waals surface area contributed by atoms with E-state index in [0.717, 1.165) is 12.6 Å². The molecule has 2 heteroatoms. The Morgan fingerprint density at radius 3 is 2.72 bits per heavy atom. The van der Waals surface area contributed by atoms with Crippen LogP contribution in [0.25, 0.3) is 0 Å². The van der Waals surface area contributed by atoms with Crippen LogP contribution in [0.2, 0.25) is 0 Å². The fraction of sp³-hybridized carbons (Fsp3) is 0.625. The Morgan fingerprint density at radius 2 is 2.06 bits per heavy atom. The zero-order valence-corrected chi connectivity index (χ0v) is 11.6. The lowest BCUT2D eigenvalue weighted by Crippen LogP contribution is -2.39. The Kier molecular flexibility index (Phi) is 3.06. The summed E-state index contributed by atoms with van der Waals surface area (Å²) in [4.78, 5) is 2.59. The lowest BCUT2D eigenvalue weighted by molar-refractivity contribution is 0.516. The fourth-order valence-electron chi connectivity index (χ4n) is 3.02. The van der Waals surface area contributed by atoms with Gasteiger partial charge in [0, 0.05) is 30.4 Å². The number of hydrogen-bond acceptors (Lipinski definition) is 2. The second kappa shape index (κ2) is 4.58. The van der Waals surface area contributed by atoms with Crippen LogP contribution in [0.3, 0.4) is 0 Å². The van der Waals surface area contributed by atoms with Gasteiger partial charge in [-0.15, -0.1) is 0 Å². The number of nitrogens with zero attached hydrogens (tertiary/aromatic N) is 1. The fourth-order valence-corrected chi connectivity index (χ4v) is 3.02. The van der Waals surface area contributed by atoms with Crippen molar-refractivity contribution in [3.05, 3.63) is 29.8 Å². The molecule has 1 aromatic carbocycles. The molecule has 0 bridgehead atoms. The topological polar surface area (TPSA) is 15.3 Å². The van der Waals surface area contributed by atoms with Crippen LogP contribution >= 0.6 is 0 Å². The Bertz CT molecular complexity index is 421. The number of hydrogen-bond donors (Lipinski definition) is 1. The number of rotatable bonds is 4. The summed E-state index contributed by atoms with van der Waals surface area (Å²) in [5, 5.41) is 3.64. The zero-order valence-electron chi connectivity index (χ0n) is 11.6. The van der Waals surface area contributed by atoms with Gasteiger partial charge in [0.15, 0.2) is 0 Å². The molecule has 3 rings (SSSR count). The highest BCUT2D eigenvalue weighted by Gasteiger charge is 2.33. The van der Waals surface area contributed by atoms with Crippen LogP contribution in [0.4, 0.5) is 5.69 Å². The summed E-state index contributed by atoms with van der Waals surface area (Å²) in [5.41, 5.74) is 3.21. The van der Waals surface area contributed by atoms with Crippen molar-refractivity contribution in [1.29, 1.82) is 0 Å². The summed E-state index contributed by atoms with van der Waals surface area (Å²) >= 11 is 0. The largest absolute Gasteiger partial charge is 0.366 e. The van der Waals surface area contributed by atoms with E-state index < -0.39 is 0 Å². The molecule has 0 spiro atoms. The first-order valence-corrected chi connectivity index (χ1v) is 7.26. The van der Waals surface area contributed by atoms with Gasteiger partial charge in [0.2, 0.25) is 0 Å². The first kappa shape index (κ1) is 12.0. The quantitative estimate of drug-likeness (QED) is 0.874. The van der Waals surface area contributed by atoms with E-state index in [0.29, 0.717) is 5.54 Å². The van der Waals surface area contributed by atoms with E-state index in [1.54, 1.807) is 0 Å². The Hall–Kier alpha value is -1.02. The summed E-state index contributed by atoms with van der Waals surface area (Å²) in [5.74, 6) is 0. The van der Waals surface area contributed by atoms with E-state index >= 15 is 0 Å². The molecule has 0 atom stereocenters. The smallest absolute Gasteiger partial charge is 0.0416 e. The molecule has 1 saturated carbocycles. The molecule has 0 aromatic heterocycles. The average molecular weight is 244 g/mol. The van der Waals surface area contributed by atoms with Gasteiger partial charge in [-0.1, -0.05) is 18.2 Å². The predicted molar refractivity (Wildman–Crippen MR) is 77.0 cm³/mol. The Labute approximate surface area is 110 Å². The first-order chi connectivity index (χ1) is 8.67. The molecule has 2 aliphatic rings. The lowest BCUT2D eigenvalue weighted by atomic mass is 10.0. The van der Waals surface area contributed by atoms with Crippen molar-refractivity contribution in [3.8, 4) is 0 Å². The van der Waals surface area contributed by atoms with Crippen LogP contribution in [-0.4, -0.2) is 18.1 Å².